The van der Waals surface area contributed by atoms with Crippen molar-refractivity contribution in [1.82, 2.24) is 0 Å². The third-order valence-electron chi connectivity index (χ3n) is 2.19. The van der Waals surface area contributed by atoms with E-state index in [1.54, 1.807) is 13.3 Å². The van der Waals surface area contributed by atoms with Crippen LogP contribution in [0.25, 0.3) is 0 Å². The van der Waals surface area contributed by atoms with Crippen molar-refractivity contribution in [2.45, 2.75) is 26.4 Å². The maximum atomic E-state index is 11.6. The number of benzene rings is 1. The van der Waals surface area contributed by atoms with Crippen molar-refractivity contribution in [3.63, 3.8) is 0 Å². The van der Waals surface area contributed by atoms with Gasteiger partial charge in [-0.15, -0.1) is 0 Å². The summed E-state index contributed by atoms with van der Waals surface area (Å²) in [6, 6.07) is 8.11. The standard InChI is InChI=1S/C12H19O2P.CH3.Y/c1-10-6-8-11(9-7-10)12(2,3)14-15(4,5)13;;/h6-9H,1-5H3;1H3;/q;-1;. The summed E-state index contributed by atoms with van der Waals surface area (Å²) in [5, 5.41) is 0. The molecule has 0 heterocycles. The molecule has 0 bridgehead atoms. The Bertz CT molecular complexity index is 379. The zero-order valence-electron chi connectivity index (χ0n) is 11.7. The molecule has 4 heteroatoms. The topological polar surface area (TPSA) is 26.3 Å². The van der Waals surface area contributed by atoms with Crippen molar-refractivity contribution >= 4 is 7.37 Å². The Morgan fingerprint density at radius 3 is 1.88 bits per heavy atom. The maximum absolute atomic E-state index is 11.6. The predicted octanol–water partition coefficient (Wildman–Crippen LogP) is 4.23. The number of hydrogen-bond donors (Lipinski definition) is 0. The molecule has 1 aromatic rings. The van der Waals surface area contributed by atoms with E-state index in [0.29, 0.717) is 0 Å². The first-order valence-corrected chi connectivity index (χ1v) is 7.55. The predicted molar refractivity (Wildman–Crippen MR) is 71.2 cm³/mol. The van der Waals surface area contributed by atoms with Crippen molar-refractivity contribution in [3.05, 3.63) is 42.8 Å². The molecule has 0 N–H and O–H groups in total. The van der Waals surface area contributed by atoms with Gasteiger partial charge in [0.2, 0.25) is 0 Å². The third-order valence-corrected chi connectivity index (χ3v) is 3.09. The van der Waals surface area contributed by atoms with Crippen LogP contribution >= 0.6 is 7.37 Å². The van der Waals surface area contributed by atoms with Crippen molar-refractivity contribution in [2.24, 2.45) is 0 Å². The van der Waals surface area contributed by atoms with Crippen LogP contribution in [0.4, 0.5) is 0 Å². The second-order valence-electron chi connectivity index (χ2n) is 4.72. The Morgan fingerprint density at radius 1 is 1.12 bits per heavy atom. The second kappa shape index (κ2) is 7.19. The molecule has 0 amide bonds. The minimum absolute atomic E-state index is 0. The average molecular weight is 330 g/mol. The fourth-order valence-electron chi connectivity index (χ4n) is 1.56. The first-order valence-electron chi connectivity index (χ1n) is 5.04. The van der Waals surface area contributed by atoms with Gasteiger partial charge in [0, 0.05) is 46.0 Å². The smallest absolute Gasteiger partial charge is 0.198 e. The monoisotopic (exact) mass is 330 g/mol. The molecule has 0 saturated heterocycles. The summed E-state index contributed by atoms with van der Waals surface area (Å²) in [4.78, 5) is 0. The average Bonchev–Trinajstić information content (AvgIpc) is 2.00. The van der Waals surface area contributed by atoms with Crippen LogP contribution in [0.2, 0.25) is 0 Å². The second-order valence-corrected chi connectivity index (χ2v) is 7.41. The number of rotatable bonds is 3. The van der Waals surface area contributed by atoms with Crippen LogP contribution in [0.3, 0.4) is 0 Å². The minimum Gasteiger partial charge on any atom is -0.358 e. The zero-order valence-corrected chi connectivity index (χ0v) is 15.4. The molecule has 0 aliphatic rings. The molecular formula is C13H22O2PY-. The molecule has 0 saturated carbocycles. The summed E-state index contributed by atoms with van der Waals surface area (Å²) in [6.07, 6.45) is 0. The van der Waals surface area contributed by atoms with E-state index < -0.39 is 13.0 Å². The van der Waals surface area contributed by atoms with Gasteiger partial charge in [-0.1, -0.05) is 29.8 Å². The molecular weight excluding hydrogens is 308 g/mol. The van der Waals surface area contributed by atoms with Crippen molar-refractivity contribution in [3.8, 4) is 0 Å². The van der Waals surface area contributed by atoms with E-state index in [4.69, 9.17) is 4.52 Å². The van der Waals surface area contributed by atoms with Crippen molar-refractivity contribution in [2.75, 3.05) is 13.3 Å². The van der Waals surface area contributed by atoms with Gasteiger partial charge in [-0.25, -0.2) is 0 Å². The summed E-state index contributed by atoms with van der Waals surface area (Å²) in [6.45, 7) is 9.21. The summed E-state index contributed by atoms with van der Waals surface area (Å²) < 4.78 is 17.3. The first kappa shape index (κ1) is 19.8. The van der Waals surface area contributed by atoms with Crippen LogP contribution in [-0.2, 0) is 47.4 Å². The molecule has 0 aliphatic carbocycles. The molecule has 1 aromatic carbocycles. The molecule has 0 unspecified atom stereocenters. The van der Waals surface area contributed by atoms with Crippen LogP contribution in [0, 0.1) is 14.4 Å². The Hall–Kier alpha value is 0.514. The number of hydrogen-bond acceptors (Lipinski definition) is 2. The third kappa shape index (κ3) is 6.86. The van der Waals surface area contributed by atoms with Gasteiger partial charge in [-0.3, -0.25) is 4.57 Å². The Labute approximate surface area is 131 Å². The minimum atomic E-state index is -2.46. The van der Waals surface area contributed by atoms with Gasteiger partial charge >= 0.3 is 0 Å². The molecule has 0 atom stereocenters. The Morgan fingerprint density at radius 2 is 1.53 bits per heavy atom. The van der Waals surface area contributed by atoms with E-state index in [1.807, 2.05) is 45.0 Å². The molecule has 0 aromatic heterocycles. The van der Waals surface area contributed by atoms with E-state index in [2.05, 4.69) is 0 Å². The first-order chi connectivity index (χ1) is 6.71. The van der Waals surface area contributed by atoms with Crippen LogP contribution < -0.4 is 0 Å². The summed E-state index contributed by atoms with van der Waals surface area (Å²) in [7, 11) is -2.46. The van der Waals surface area contributed by atoms with Crippen LogP contribution in [-0.4, -0.2) is 13.3 Å². The SMILES string of the molecule is Cc1ccc(C(C)(C)OP(C)(C)=O)cc1.[CH3-].[Y]. The molecule has 17 heavy (non-hydrogen) atoms. The molecule has 1 rings (SSSR count). The quantitative estimate of drug-likeness (QED) is 0.612. The van der Waals surface area contributed by atoms with Crippen LogP contribution in [0.5, 0.6) is 0 Å². The van der Waals surface area contributed by atoms with E-state index in [1.165, 1.54) is 5.56 Å². The maximum Gasteiger partial charge on any atom is 0.198 e. The van der Waals surface area contributed by atoms with Gasteiger partial charge in [-0.05, 0) is 26.3 Å². The van der Waals surface area contributed by atoms with Gasteiger partial charge in [-0.2, -0.15) is 0 Å². The van der Waals surface area contributed by atoms with Crippen LogP contribution in [0.1, 0.15) is 25.0 Å². The zero-order chi connectivity index (χ0) is 11.7. The molecule has 95 valence electrons. The van der Waals surface area contributed by atoms with Crippen LogP contribution in [0.15, 0.2) is 24.3 Å². The Balaban J connectivity index is 0. The molecule has 0 spiro atoms. The van der Waals surface area contributed by atoms with Gasteiger partial charge in [0.25, 0.3) is 0 Å². The van der Waals surface area contributed by atoms with E-state index in [9.17, 15) is 4.57 Å². The fourth-order valence-corrected chi connectivity index (χ4v) is 2.76. The Kier molecular flexibility index (Phi) is 8.39. The van der Waals surface area contributed by atoms with Gasteiger partial charge in [0.1, 0.15) is 0 Å². The molecule has 1 radical (unpaired) electrons. The fraction of sp³-hybridized carbons (Fsp3) is 0.462. The summed E-state index contributed by atoms with van der Waals surface area (Å²) in [5.41, 5.74) is 1.77. The van der Waals surface area contributed by atoms with Crippen molar-refractivity contribution < 1.29 is 41.8 Å². The van der Waals surface area contributed by atoms with Gasteiger partial charge < -0.3 is 12.0 Å². The normalized spacial score (nSPS) is 11.4. The van der Waals surface area contributed by atoms with E-state index in [0.717, 1.165) is 5.56 Å². The van der Waals surface area contributed by atoms with E-state index >= 15 is 0 Å². The van der Waals surface area contributed by atoms with E-state index in [-0.39, 0.29) is 40.1 Å². The molecule has 0 fully saturated rings. The van der Waals surface area contributed by atoms with Gasteiger partial charge in [0.15, 0.2) is 7.37 Å². The molecule has 0 aliphatic heterocycles. The largest absolute Gasteiger partial charge is 0.358 e. The summed E-state index contributed by atoms with van der Waals surface area (Å²) in [5.74, 6) is 0. The molecule has 2 nitrogen and oxygen atoms in total. The van der Waals surface area contributed by atoms with Gasteiger partial charge in [0.05, 0.1) is 5.60 Å². The van der Waals surface area contributed by atoms with Crippen molar-refractivity contribution in [1.29, 1.82) is 0 Å². The summed E-state index contributed by atoms with van der Waals surface area (Å²) >= 11 is 0. The number of aryl methyl sites for hydroxylation is 1.